The van der Waals surface area contributed by atoms with Crippen molar-refractivity contribution in [2.24, 2.45) is 5.92 Å². The Labute approximate surface area is 125 Å². The lowest BCUT2D eigenvalue weighted by Crippen LogP contribution is -2.62. The zero-order valence-electron chi connectivity index (χ0n) is 13.7. The van der Waals surface area contributed by atoms with Crippen LogP contribution in [0, 0.1) is 5.92 Å². The van der Waals surface area contributed by atoms with Gasteiger partial charge in [0.05, 0.1) is 6.10 Å². The van der Waals surface area contributed by atoms with Gasteiger partial charge < -0.3 is 10.4 Å². The van der Waals surface area contributed by atoms with E-state index in [4.69, 9.17) is 0 Å². The first-order valence-corrected chi connectivity index (χ1v) is 9.17. The lowest BCUT2D eigenvalue weighted by atomic mass is 9.64. The number of nitrogens with one attached hydrogen (secondary N) is 1. The minimum Gasteiger partial charge on any atom is -0.393 e. The largest absolute Gasteiger partial charge is 0.393 e. The Balaban J connectivity index is 2.03. The van der Waals surface area contributed by atoms with Gasteiger partial charge in [0.25, 0.3) is 0 Å². The molecule has 2 rings (SSSR count). The topological polar surface area (TPSA) is 32.3 Å². The summed E-state index contributed by atoms with van der Waals surface area (Å²) < 4.78 is 0. The molecule has 0 unspecified atom stereocenters. The molecular weight excluding hydrogens is 246 g/mol. The van der Waals surface area contributed by atoms with Gasteiger partial charge in [-0.25, -0.2) is 0 Å². The highest BCUT2D eigenvalue weighted by atomic mass is 16.3. The normalized spacial score (nSPS) is 38.2. The third kappa shape index (κ3) is 3.76. The highest BCUT2D eigenvalue weighted by molar-refractivity contribution is 5.04. The van der Waals surface area contributed by atoms with Crippen molar-refractivity contribution in [1.82, 2.24) is 5.32 Å². The van der Waals surface area contributed by atoms with Crippen molar-refractivity contribution in [1.29, 1.82) is 0 Å². The molecule has 0 aromatic carbocycles. The smallest absolute Gasteiger partial charge is 0.0586 e. The van der Waals surface area contributed by atoms with E-state index in [1.807, 2.05) is 0 Å². The van der Waals surface area contributed by atoms with Crippen LogP contribution in [0.25, 0.3) is 0 Å². The van der Waals surface area contributed by atoms with Crippen molar-refractivity contribution in [3.05, 3.63) is 0 Å². The first kappa shape index (κ1) is 16.3. The minimum absolute atomic E-state index is 0.0623. The average Bonchev–Trinajstić information content (AvgIpc) is 2.45. The van der Waals surface area contributed by atoms with Crippen molar-refractivity contribution in [3.8, 4) is 0 Å². The molecule has 118 valence electrons. The van der Waals surface area contributed by atoms with Gasteiger partial charge in [0.15, 0.2) is 0 Å². The van der Waals surface area contributed by atoms with Crippen molar-refractivity contribution >= 4 is 0 Å². The summed E-state index contributed by atoms with van der Waals surface area (Å²) in [4.78, 5) is 0. The summed E-state index contributed by atoms with van der Waals surface area (Å²) in [5, 5.41) is 14.6. The maximum Gasteiger partial charge on any atom is 0.0586 e. The number of piperidine rings is 1. The second-order valence-corrected chi connectivity index (χ2v) is 7.24. The van der Waals surface area contributed by atoms with Crippen LogP contribution in [0.3, 0.4) is 0 Å². The average molecular weight is 281 g/mol. The van der Waals surface area contributed by atoms with Crippen LogP contribution in [0.1, 0.15) is 90.9 Å². The van der Waals surface area contributed by atoms with E-state index >= 15 is 0 Å². The molecule has 0 radical (unpaired) electrons. The van der Waals surface area contributed by atoms with Crippen LogP contribution in [0.4, 0.5) is 0 Å². The molecule has 2 nitrogen and oxygen atoms in total. The summed E-state index contributed by atoms with van der Waals surface area (Å²) >= 11 is 0. The Kier molecular flexibility index (Phi) is 6.35. The zero-order chi connectivity index (χ0) is 14.4. The summed E-state index contributed by atoms with van der Waals surface area (Å²) in [6.45, 7) is 4.55. The van der Waals surface area contributed by atoms with Crippen LogP contribution in [0.2, 0.25) is 0 Å². The van der Waals surface area contributed by atoms with Crippen molar-refractivity contribution in [2.75, 3.05) is 0 Å². The van der Waals surface area contributed by atoms with E-state index < -0.39 is 0 Å². The molecule has 4 atom stereocenters. The van der Waals surface area contributed by atoms with E-state index in [9.17, 15) is 5.11 Å². The molecule has 1 aliphatic heterocycles. The van der Waals surface area contributed by atoms with E-state index in [2.05, 4.69) is 19.2 Å². The van der Waals surface area contributed by atoms with Gasteiger partial charge in [0.1, 0.15) is 0 Å². The third-order valence-electron chi connectivity index (χ3n) is 5.74. The van der Waals surface area contributed by atoms with Gasteiger partial charge in [0, 0.05) is 17.5 Å². The molecule has 2 aliphatic rings. The number of aliphatic hydroxyl groups is 1. The van der Waals surface area contributed by atoms with Gasteiger partial charge >= 0.3 is 0 Å². The summed E-state index contributed by atoms with van der Waals surface area (Å²) in [6.07, 6.45) is 15.2. The lowest BCUT2D eigenvalue weighted by molar-refractivity contribution is -0.0257. The number of hydrogen-bond acceptors (Lipinski definition) is 2. The predicted molar refractivity (Wildman–Crippen MR) is 85.9 cm³/mol. The van der Waals surface area contributed by atoms with Gasteiger partial charge in [-0.2, -0.15) is 0 Å². The van der Waals surface area contributed by atoms with Crippen LogP contribution < -0.4 is 5.32 Å². The van der Waals surface area contributed by atoms with Crippen LogP contribution in [0.5, 0.6) is 0 Å². The summed E-state index contributed by atoms with van der Waals surface area (Å²) in [5.41, 5.74) is 0.267. The monoisotopic (exact) mass is 281 g/mol. The molecule has 0 bridgehead atoms. The molecule has 2 heteroatoms. The predicted octanol–water partition coefficient (Wildman–Crippen LogP) is 4.41. The Morgan fingerprint density at radius 2 is 1.65 bits per heavy atom. The van der Waals surface area contributed by atoms with Crippen LogP contribution in [0.15, 0.2) is 0 Å². The van der Waals surface area contributed by atoms with E-state index in [1.165, 1.54) is 70.6 Å². The third-order valence-corrected chi connectivity index (χ3v) is 5.74. The van der Waals surface area contributed by atoms with E-state index in [0.717, 1.165) is 6.42 Å². The Bertz CT molecular complexity index is 277. The molecule has 0 aromatic heterocycles. The van der Waals surface area contributed by atoms with Crippen LogP contribution in [-0.2, 0) is 0 Å². The fourth-order valence-electron chi connectivity index (χ4n) is 4.65. The summed E-state index contributed by atoms with van der Waals surface area (Å²) in [5.74, 6) is 0.501. The first-order chi connectivity index (χ1) is 9.72. The van der Waals surface area contributed by atoms with E-state index in [0.29, 0.717) is 12.0 Å². The molecular formula is C18H35NO. The zero-order valence-corrected chi connectivity index (χ0v) is 13.7. The summed E-state index contributed by atoms with van der Waals surface area (Å²) in [7, 11) is 0. The number of hydrogen-bond donors (Lipinski definition) is 2. The Morgan fingerprint density at radius 1 is 1.00 bits per heavy atom. The highest BCUT2D eigenvalue weighted by Gasteiger charge is 2.46. The fraction of sp³-hybridized carbons (Fsp3) is 1.00. The van der Waals surface area contributed by atoms with Gasteiger partial charge in [-0.1, -0.05) is 46.0 Å². The van der Waals surface area contributed by atoms with Crippen molar-refractivity contribution < 1.29 is 5.11 Å². The lowest BCUT2D eigenvalue weighted by Gasteiger charge is -2.52. The molecule has 2 fully saturated rings. The number of rotatable bonds is 6. The molecule has 2 N–H and O–H groups in total. The molecule has 1 spiro atoms. The SMILES string of the molecule is CCCC[C@@H]1CCC[C@]2(CCC[C@H](O)[C@H]2CCCC)N1. The second kappa shape index (κ2) is 7.79. The minimum atomic E-state index is -0.0623. The Hall–Kier alpha value is -0.0800. The van der Waals surface area contributed by atoms with Crippen LogP contribution in [-0.4, -0.2) is 22.8 Å². The van der Waals surface area contributed by atoms with Crippen molar-refractivity contribution in [2.45, 2.75) is 109 Å². The molecule has 1 heterocycles. The molecule has 1 saturated heterocycles. The molecule has 0 amide bonds. The summed E-state index contributed by atoms with van der Waals surface area (Å²) in [6, 6.07) is 0.707. The molecule has 1 saturated carbocycles. The van der Waals surface area contributed by atoms with Gasteiger partial charge in [-0.3, -0.25) is 0 Å². The van der Waals surface area contributed by atoms with Gasteiger partial charge in [0.2, 0.25) is 0 Å². The second-order valence-electron chi connectivity index (χ2n) is 7.24. The van der Waals surface area contributed by atoms with Gasteiger partial charge in [-0.05, 0) is 44.9 Å². The molecule has 0 aromatic rings. The maximum atomic E-state index is 10.5. The van der Waals surface area contributed by atoms with E-state index in [-0.39, 0.29) is 11.6 Å². The fourth-order valence-corrected chi connectivity index (χ4v) is 4.65. The van der Waals surface area contributed by atoms with E-state index in [1.54, 1.807) is 0 Å². The number of aliphatic hydroxyl groups excluding tert-OH is 1. The Morgan fingerprint density at radius 3 is 2.35 bits per heavy atom. The quantitative estimate of drug-likeness (QED) is 0.756. The number of unbranched alkanes of at least 4 members (excludes halogenated alkanes) is 2. The van der Waals surface area contributed by atoms with Crippen LogP contribution >= 0.6 is 0 Å². The highest BCUT2D eigenvalue weighted by Crippen LogP contribution is 2.43. The standard InChI is InChI=1S/C18H35NO/c1-3-5-9-15-10-7-13-18(19-15)14-8-12-17(20)16(18)11-6-4-2/h15-17,19-20H,3-14H2,1-2H3/t15-,16-,17+,18-/m1/s1. The maximum absolute atomic E-state index is 10.5. The first-order valence-electron chi connectivity index (χ1n) is 9.17. The van der Waals surface area contributed by atoms with Crippen molar-refractivity contribution in [3.63, 3.8) is 0 Å². The molecule has 1 aliphatic carbocycles. The van der Waals surface area contributed by atoms with Gasteiger partial charge in [-0.15, -0.1) is 0 Å². The molecule has 20 heavy (non-hydrogen) atoms.